The number of halogens is 3. The number of anilines is 1. The SMILES string of the molecule is C[C@@]1(O)CCC[C@H]1n1c(=O)c(OCC(F)(F)F)cc2cnc(NC3CCN(S(C)(=O)=O)CC3)nc21. The Bertz CT molecular complexity index is 1260. The zero-order valence-electron chi connectivity index (χ0n) is 19.4. The highest BCUT2D eigenvalue weighted by molar-refractivity contribution is 7.88. The molecule has 3 heterocycles. The molecule has 0 bridgehead atoms. The van der Waals surface area contributed by atoms with Gasteiger partial charge in [-0.1, -0.05) is 0 Å². The molecule has 194 valence electrons. The second-order valence-corrected chi connectivity index (χ2v) is 11.4. The van der Waals surface area contributed by atoms with Crippen LogP contribution in [-0.2, 0) is 10.0 Å². The number of rotatable bonds is 6. The second kappa shape index (κ2) is 9.21. The normalized spacial score (nSPS) is 24.7. The standard InChI is InChI=1S/C21H28F3N5O5S/c1-20(31)7-3-4-16(20)29-17-13(10-15(18(29)30)34-12-21(22,23)24)11-25-19(27-17)26-14-5-8-28(9-6-14)35(2,32)33/h10-11,14,16,31H,3-9,12H2,1-2H3,(H,25,26,27)/t16-,20-/m1/s1. The fraction of sp³-hybridized carbons (Fsp3) is 0.667. The van der Waals surface area contributed by atoms with Crippen LogP contribution in [0.5, 0.6) is 5.75 Å². The van der Waals surface area contributed by atoms with Gasteiger partial charge < -0.3 is 15.2 Å². The number of aromatic nitrogens is 3. The summed E-state index contributed by atoms with van der Waals surface area (Å²) in [6, 6.07) is 0.375. The highest BCUT2D eigenvalue weighted by atomic mass is 32.2. The topological polar surface area (TPSA) is 127 Å². The number of sulfonamides is 1. The van der Waals surface area contributed by atoms with Crippen molar-refractivity contribution in [2.24, 2.45) is 0 Å². The molecule has 1 saturated heterocycles. The summed E-state index contributed by atoms with van der Waals surface area (Å²) in [6.45, 7) is 0.656. The van der Waals surface area contributed by atoms with E-state index in [1.165, 1.54) is 21.1 Å². The summed E-state index contributed by atoms with van der Waals surface area (Å²) in [5, 5.41) is 14.3. The lowest BCUT2D eigenvalue weighted by Gasteiger charge is -2.31. The van der Waals surface area contributed by atoms with Crippen LogP contribution in [0.1, 0.15) is 45.1 Å². The number of nitrogens with zero attached hydrogens (tertiary/aromatic N) is 4. The van der Waals surface area contributed by atoms with Gasteiger partial charge in [0.25, 0.3) is 5.56 Å². The number of pyridine rings is 1. The van der Waals surface area contributed by atoms with Gasteiger partial charge in [0, 0.05) is 30.7 Å². The molecular weight excluding hydrogens is 491 g/mol. The van der Waals surface area contributed by atoms with Gasteiger partial charge in [-0.2, -0.15) is 18.2 Å². The van der Waals surface area contributed by atoms with Crippen molar-refractivity contribution < 1.29 is 31.4 Å². The molecule has 10 nitrogen and oxygen atoms in total. The minimum Gasteiger partial charge on any atom is -0.478 e. The van der Waals surface area contributed by atoms with Gasteiger partial charge in [0.15, 0.2) is 12.4 Å². The maximum Gasteiger partial charge on any atom is 0.422 e. The molecular formula is C21H28F3N5O5S. The summed E-state index contributed by atoms with van der Waals surface area (Å²) in [5.74, 6) is -0.292. The number of hydrogen-bond acceptors (Lipinski definition) is 8. The van der Waals surface area contributed by atoms with Gasteiger partial charge in [0.05, 0.1) is 17.9 Å². The number of fused-ring (bicyclic) bond motifs is 1. The van der Waals surface area contributed by atoms with Gasteiger partial charge in [-0.25, -0.2) is 17.7 Å². The molecule has 4 rings (SSSR count). The highest BCUT2D eigenvalue weighted by Gasteiger charge is 2.40. The number of hydrogen-bond donors (Lipinski definition) is 2. The molecule has 2 aromatic heterocycles. The van der Waals surface area contributed by atoms with Gasteiger partial charge in [-0.15, -0.1) is 0 Å². The van der Waals surface area contributed by atoms with E-state index in [-0.39, 0.29) is 17.6 Å². The van der Waals surface area contributed by atoms with Crippen molar-refractivity contribution in [3.63, 3.8) is 0 Å². The van der Waals surface area contributed by atoms with Crippen LogP contribution in [-0.4, -0.2) is 76.1 Å². The molecule has 2 aliphatic rings. The van der Waals surface area contributed by atoms with E-state index in [0.29, 0.717) is 50.6 Å². The fourth-order valence-electron chi connectivity index (χ4n) is 4.77. The summed E-state index contributed by atoms with van der Waals surface area (Å²) >= 11 is 0. The van der Waals surface area contributed by atoms with E-state index in [1.807, 2.05) is 0 Å². The first-order valence-electron chi connectivity index (χ1n) is 11.3. The number of nitrogens with one attached hydrogen (secondary N) is 1. The maximum absolute atomic E-state index is 13.2. The van der Waals surface area contributed by atoms with Crippen LogP contribution in [0.3, 0.4) is 0 Å². The van der Waals surface area contributed by atoms with Gasteiger partial charge in [-0.05, 0) is 45.1 Å². The quantitative estimate of drug-likeness (QED) is 0.594. The number of alkyl halides is 3. The van der Waals surface area contributed by atoms with E-state index in [2.05, 4.69) is 15.3 Å². The molecule has 1 aliphatic heterocycles. The molecule has 2 fully saturated rings. The maximum atomic E-state index is 13.2. The van der Waals surface area contributed by atoms with Gasteiger partial charge >= 0.3 is 6.18 Å². The molecule has 0 radical (unpaired) electrons. The van der Waals surface area contributed by atoms with Crippen molar-refractivity contribution in [2.45, 2.75) is 62.9 Å². The Hall–Kier alpha value is -2.45. The third kappa shape index (κ3) is 5.70. The zero-order valence-corrected chi connectivity index (χ0v) is 20.2. The van der Waals surface area contributed by atoms with Gasteiger partial charge in [0.2, 0.25) is 16.0 Å². The molecule has 0 spiro atoms. The molecule has 2 atom stereocenters. The average molecular weight is 520 g/mol. The highest BCUT2D eigenvalue weighted by Crippen LogP contribution is 2.40. The predicted molar refractivity (Wildman–Crippen MR) is 122 cm³/mol. The zero-order chi connectivity index (χ0) is 25.6. The number of ether oxygens (including phenoxy) is 1. The average Bonchev–Trinajstić information content (AvgIpc) is 3.10. The molecule has 1 saturated carbocycles. The van der Waals surface area contributed by atoms with Crippen LogP contribution in [0.15, 0.2) is 17.1 Å². The van der Waals surface area contributed by atoms with Crippen molar-refractivity contribution in [2.75, 3.05) is 31.3 Å². The molecule has 2 N–H and O–H groups in total. The summed E-state index contributed by atoms with van der Waals surface area (Å²) < 4.78 is 69.1. The number of piperidine rings is 1. The first-order chi connectivity index (χ1) is 16.2. The first kappa shape index (κ1) is 25.6. The second-order valence-electron chi connectivity index (χ2n) is 9.41. The van der Waals surface area contributed by atoms with E-state index >= 15 is 0 Å². The molecule has 0 amide bonds. The molecule has 0 aromatic carbocycles. The van der Waals surface area contributed by atoms with Gasteiger partial charge in [-0.3, -0.25) is 9.36 Å². The Balaban J connectivity index is 1.68. The Labute approximate surface area is 200 Å². The van der Waals surface area contributed by atoms with Crippen molar-refractivity contribution in [1.29, 1.82) is 0 Å². The predicted octanol–water partition coefficient (Wildman–Crippen LogP) is 2.04. The fourth-order valence-corrected chi connectivity index (χ4v) is 5.64. The van der Waals surface area contributed by atoms with Crippen LogP contribution < -0.4 is 15.6 Å². The Morgan fingerprint density at radius 1 is 1.29 bits per heavy atom. The van der Waals surface area contributed by atoms with Crippen LogP contribution in [0.25, 0.3) is 11.0 Å². The van der Waals surface area contributed by atoms with Crippen LogP contribution >= 0.6 is 0 Å². The minimum atomic E-state index is -4.62. The Morgan fingerprint density at radius 3 is 2.54 bits per heavy atom. The van der Waals surface area contributed by atoms with Crippen LogP contribution in [0.4, 0.5) is 19.1 Å². The minimum absolute atomic E-state index is 0.102. The van der Waals surface area contributed by atoms with Gasteiger partial charge in [0.1, 0.15) is 5.65 Å². The van der Waals surface area contributed by atoms with Crippen LogP contribution in [0, 0.1) is 0 Å². The van der Waals surface area contributed by atoms with E-state index in [0.717, 1.165) is 6.26 Å². The Kier molecular flexibility index (Phi) is 6.74. The lowest BCUT2D eigenvalue weighted by molar-refractivity contribution is -0.153. The van der Waals surface area contributed by atoms with Crippen molar-refractivity contribution in [3.8, 4) is 5.75 Å². The van der Waals surface area contributed by atoms with Crippen molar-refractivity contribution in [1.82, 2.24) is 18.8 Å². The third-order valence-corrected chi connectivity index (χ3v) is 7.88. The lowest BCUT2D eigenvalue weighted by Crippen LogP contribution is -2.42. The van der Waals surface area contributed by atoms with Crippen molar-refractivity contribution >= 4 is 27.0 Å². The molecule has 0 unspecified atom stereocenters. The lowest BCUT2D eigenvalue weighted by atomic mass is 10.00. The summed E-state index contributed by atoms with van der Waals surface area (Å²) in [5.41, 5.74) is -1.89. The summed E-state index contributed by atoms with van der Waals surface area (Å²) in [4.78, 5) is 21.9. The monoisotopic (exact) mass is 519 g/mol. The largest absolute Gasteiger partial charge is 0.478 e. The van der Waals surface area contributed by atoms with E-state index < -0.39 is 45.8 Å². The Morgan fingerprint density at radius 2 is 1.97 bits per heavy atom. The summed E-state index contributed by atoms with van der Waals surface area (Å²) in [7, 11) is -3.27. The van der Waals surface area contributed by atoms with Crippen molar-refractivity contribution in [3.05, 3.63) is 22.6 Å². The van der Waals surface area contributed by atoms with E-state index in [1.54, 1.807) is 6.92 Å². The third-order valence-electron chi connectivity index (χ3n) is 6.58. The van der Waals surface area contributed by atoms with E-state index in [9.17, 15) is 31.5 Å². The van der Waals surface area contributed by atoms with E-state index in [4.69, 9.17) is 4.74 Å². The van der Waals surface area contributed by atoms with Crippen LogP contribution in [0.2, 0.25) is 0 Å². The molecule has 2 aromatic rings. The molecule has 35 heavy (non-hydrogen) atoms. The molecule has 1 aliphatic carbocycles. The first-order valence-corrected chi connectivity index (χ1v) is 13.2. The molecule has 14 heteroatoms. The number of aliphatic hydroxyl groups is 1. The summed E-state index contributed by atoms with van der Waals surface area (Å²) in [6.07, 6.45) is 0.491. The smallest absolute Gasteiger partial charge is 0.422 e.